The van der Waals surface area contributed by atoms with E-state index in [0.29, 0.717) is 19.8 Å². The van der Waals surface area contributed by atoms with Gasteiger partial charge in [-0.25, -0.2) is 0 Å². The fourth-order valence-electron chi connectivity index (χ4n) is 2.36. The summed E-state index contributed by atoms with van der Waals surface area (Å²) in [6.45, 7) is 12.5. The Hall–Kier alpha value is 0.130. The summed E-state index contributed by atoms with van der Waals surface area (Å²) >= 11 is 6.38. The molecule has 0 aromatic carbocycles. The van der Waals surface area contributed by atoms with Gasteiger partial charge in [-0.2, -0.15) is 4.42 Å². The lowest BCUT2D eigenvalue weighted by Crippen LogP contribution is -2.47. The minimum atomic E-state index is -0.129. The van der Waals surface area contributed by atoms with Crippen LogP contribution in [0.4, 0.5) is 0 Å². The second-order valence-corrected chi connectivity index (χ2v) is 5.95. The third kappa shape index (κ3) is 3.55. The molecule has 0 saturated carbocycles. The summed E-state index contributed by atoms with van der Waals surface area (Å²) in [6, 6.07) is 0. The molecule has 0 N–H and O–H groups in total. The van der Waals surface area contributed by atoms with E-state index in [1.165, 1.54) is 0 Å². The van der Waals surface area contributed by atoms with Crippen molar-refractivity contribution in [3.63, 3.8) is 0 Å². The van der Waals surface area contributed by atoms with Gasteiger partial charge in [0, 0.05) is 25.7 Å². The van der Waals surface area contributed by atoms with Crippen LogP contribution in [0.5, 0.6) is 0 Å². The van der Waals surface area contributed by atoms with Crippen molar-refractivity contribution in [2.24, 2.45) is 0 Å². The molecule has 0 radical (unpaired) electrons. The van der Waals surface area contributed by atoms with Crippen LogP contribution in [0.15, 0.2) is 0 Å². The molecular weight excluding hydrogens is 240 g/mol. The Morgan fingerprint density at radius 2 is 1.76 bits per heavy atom. The quantitative estimate of drug-likeness (QED) is 0.541. The van der Waals surface area contributed by atoms with Crippen LogP contribution in [0.25, 0.3) is 0 Å². The molecule has 102 valence electrons. The number of hydrogen-bond acceptors (Lipinski definition) is 4. The smallest absolute Gasteiger partial charge is 0.0831 e. The van der Waals surface area contributed by atoms with Crippen molar-refractivity contribution in [1.29, 1.82) is 0 Å². The Kier molecular flexibility index (Phi) is 5.22. The minimum absolute atomic E-state index is 0.00240. The van der Waals surface area contributed by atoms with Gasteiger partial charge < -0.3 is 9.47 Å². The van der Waals surface area contributed by atoms with E-state index in [1.54, 1.807) is 7.11 Å². The van der Waals surface area contributed by atoms with E-state index in [-0.39, 0.29) is 11.2 Å². The maximum absolute atomic E-state index is 6.38. The van der Waals surface area contributed by atoms with Crippen molar-refractivity contribution in [3.8, 4) is 0 Å². The molecule has 0 atom stereocenters. The fraction of sp³-hybridized carbons (Fsp3) is 1.00. The van der Waals surface area contributed by atoms with E-state index >= 15 is 0 Å². The molecule has 1 rings (SSSR count). The summed E-state index contributed by atoms with van der Waals surface area (Å²) in [7, 11) is 1.68. The van der Waals surface area contributed by atoms with E-state index in [0.717, 1.165) is 13.1 Å². The van der Waals surface area contributed by atoms with E-state index in [9.17, 15) is 0 Å². The molecule has 1 aliphatic heterocycles. The van der Waals surface area contributed by atoms with E-state index in [2.05, 4.69) is 32.6 Å². The van der Waals surface area contributed by atoms with Gasteiger partial charge in [0.05, 0.1) is 25.5 Å². The van der Waals surface area contributed by atoms with Crippen molar-refractivity contribution in [3.05, 3.63) is 0 Å². The highest BCUT2D eigenvalue weighted by atomic mass is 35.5. The average molecular weight is 265 g/mol. The molecule has 4 nitrogen and oxygen atoms in total. The molecule has 1 saturated heterocycles. The van der Waals surface area contributed by atoms with Gasteiger partial charge in [0.1, 0.15) is 0 Å². The van der Waals surface area contributed by atoms with Crippen LogP contribution in [0, 0.1) is 0 Å². The van der Waals surface area contributed by atoms with Crippen molar-refractivity contribution in [2.75, 3.05) is 40.0 Å². The molecule has 1 aliphatic rings. The van der Waals surface area contributed by atoms with Crippen LogP contribution in [0.1, 0.15) is 27.7 Å². The highest BCUT2D eigenvalue weighted by Gasteiger charge is 2.49. The van der Waals surface area contributed by atoms with Crippen LogP contribution >= 0.6 is 11.8 Å². The predicted molar refractivity (Wildman–Crippen MR) is 70.1 cm³/mol. The number of hydrogen-bond donors (Lipinski definition) is 0. The summed E-state index contributed by atoms with van der Waals surface area (Å²) in [5.74, 6) is 0. The van der Waals surface area contributed by atoms with Gasteiger partial charge >= 0.3 is 0 Å². The monoisotopic (exact) mass is 264 g/mol. The zero-order valence-corrected chi connectivity index (χ0v) is 12.4. The molecule has 0 aromatic rings. The van der Waals surface area contributed by atoms with Gasteiger partial charge in [0.2, 0.25) is 0 Å². The second kappa shape index (κ2) is 5.85. The summed E-state index contributed by atoms with van der Waals surface area (Å²) in [5, 5.41) is 0. The Labute approximate surface area is 110 Å². The molecule has 0 bridgehead atoms. The highest BCUT2D eigenvalue weighted by Crippen LogP contribution is 2.38. The lowest BCUT2D eigenvalue weighted by Gasteiger charge is -2.36. The average Bonchev–Trinajstić information content (AvgIpc) is 2.39. The topological polar surface area (TPSA) is 24.9 Å². The highest BCUT2D eigenvalue weighted by molar-refractivity contribution is 6.14. The maximum atomic E-state index is 6.38. The maximum Gasteiger partial charge on any atom is 0.0831 e. The standard InChI is InChI=1S/C12H25ClN2O2/c1-11(2)10-14(12(3,4)15(11)13)6-7-17-9-8-16-5/h6-10H2,1-5H3. The SMILES string of the molecule is COCCOCCN1CC(C)(C)N(Cl)C1(C)C. The molecule has 0 aromatic heterocycles. The molecule has 17 heavy (non-hydrogen) atoms. The largest absolute Gasteiger partial charge is 0.382 e. The third-order valence-corrected chi connectivity index (χ3v) is 4.17. The molecule has 1 fully saturated rings. The first-order valence-electron chi connectivity index (χ1n) is 6.10. The first kappa shape index (κ1) is 15.2. The van der Waals surface area contributed by atoms with Crippen LogP contribution < -0.4 is 0 Å². The van der Waals surface area contributed by atoms with Gasteiger partial charge in [-0.3, -0.25) is 4.90 Å². The van der Waals surface area contributed by atoms with Crippen molar-refractivity contribution < 1.29 is 9.47 Å². The van der Waals surface area contributed by atoms with Crippen molar-refractivity contribution in [2.45, 2.75) is 38.9 Å². The van der Waals surface area contributed by atoms with Crippen LogP contribution in [0.3, 0.4) is 0 Å². The van der Waals surface area contributed by atoms with Gasteiger partial charge in [0.15, 0.2) is 0 Å². The van der Waals surface area contributed by atoms with E-state index < -0.39 is 0 Å². The molecule has 0 spiro atoms. The first-order chi connectivity index (χ1) is 7.82. The zero-order chi connectivity index (χ0) is 13.1. The number of halogens is 1. The molecule has 1 heterocycles. The predicted octanol–water partition coefficient (Wildman–Crippen LogP) is 1.94. The van der Waals surface area contributed by atoms with Gasteiger partial charge in [-0.1, -0.05) is 0 Å². The molecule has 0 amide bonds. The summed E-state index contributed by atoms with van der Waals surface area (Å²) in [6.07, 6.45) is 0. The summed E-state index contributed by atoms with van der Waals surface area (Å²) < 4.78 is 12.4. The number of rotatable bonds is 6. The van der Waals surface area contributed by atoms with Gasteiger partial charge in [-0.05, 0) is 39.5 Å². The molecule has 0 aliphatic carbocycles. The summed E-state index contributed by atoms with van der Waals surface area (Å²) in [5.41, 5.74) is -0.132. The summed E-state index contributed by atoms with van der Waals surface area (Å²) in [4.78, 5) is 2.35. The van der Waals surface area contributed by atoms with Crippen LogP contribution in [-0.4, -0.2) is 60.5 Å². The first-order valence-corrected chi connectivity index (χ1v) is 6.44. The lowest BCUT2D eigenvalue weighted by atomic mass is 10.1. The Balaban J connectivity index is 2.39. The molecule has 0 unspecified atom stereocenters. The Morgan fingerprint density at radius 1 is 1.12 bits per heavy atom. The van der Waals surface area contributed by atoms with Gasteiger partial charge in [0.25, 0.3) is 0 Å². The molecular formula is C12H25ClN2O2. The lowest BCUT2D eigenvalue weighted by molar-refractivity contribution is 0.0315. The van der Waals surface area contributed by atoms with E-state index in [4.69, 9.17) is 21.3 Å². The molecule has 5 heteroatoms. The second-order valence-electron chi connectivity index (χ2n) is 5.61. The normalized spacial score (nSPS) is 24.4. The Bertz CT molecular complexity index is 247. The van der Waals surface area contributed by atoms with Crippen molar-refractivity contribution in [1.82, 2.24) is 9.32 Å². The van der Waals surface area contributed by atoms with E-state index in [1.807, 2.05) is 4.42 Å². The van der Waals surface area contributed by atoms with Gasteiger partial charge in [-0.15, -0.1) is 0 Å². The third-order valence-electron chi connectivity index (χ3n) is 3.30. The zero-order valence-electron chi connectivity index (χ0n) is 11.6. The fourth-order valence-corrected chi connectivity index (χ4v) is 2.52. The van der Waals surface area contributed by atoms with Crippen LogP contribution in [-0.2, 0) is 9.47 Å². The minimum Gasteiger partial charge on any atom is -0.382 e. The number of ether oxygens (including phenoxy) is 2. The number of nitrogens with zero attached hydrogens (tertiary/aromatic N) is 2. The van der Waals surface area contributed by atoms with Crippen molar-refractivity contribution >= 4 is 11.8 Å². The number of methoxy groups -OCH3 is 1. The van der Waals surface area contributed by atoms with Crippen LogP contribution in [0.2, 0.25) is 0 Å². The Morgan fingerprint density at radius 3 is 2.24 bits per heavy atom.